The fourth-order valence-electron chi connectivity index (χ4n) is 0.996. The van der Waals surface area contributed by atoms with Crippen LogP contribution < -0.4 is 0 Å². The summed E-state index contributed by atoms with van der Waals surface area (Å²) in [6.07, 6.45) is -0.419. The molecule has 0 unspecified atom stereocenters. The normalized spacial score (nSPS) is 15.9. The van der Waals surface area contributed by atoms with Gasteiger partial charge in [0.2, 0.25) is 0 Å². The molecule has 1 atom stereocenters. The van der Waals surface area contributed by atoms with Crippen LogP contribution in [0, 0.1) is 11.3 Å². The minimum Gasteiger partial charge on any atom is -0.396 e. The van der Waals surface area contributed by atoms with Crippen LogP contribution >= 0.6 is 0 Å². The third kappa shape index (κ3) is 2.27. The summed E-state index contributed by atoms with van der Waals surface area (Å²) >= 11 is 0. The first-order chi connectivity index (χ1) is 4.41. The van der Waals surface area contributed by atoms with Gasteiger partial charge in [-0.1, -0.05) is 27.7 Å². The number of hydrogen-bond donors (Lipinski definition) is 2. The van der Waals surface area contributed by atoms with Gasteiger partial charge in [0.15, 0.2) is 0 Å². The maximum absolute atomic E-state index is 9.49. The zero-order chi connectivity index (χ0) is 8.36. The van der Waals surface area contributed by atoms with Crippen LogP contribution in [0.1, 0.15) is 27.7 Å². The lowest BCUT2D eigenvalue weighted by Crippen LogP contribution is -2.36. The highest BCUT2D eigenvalue weighted by Gasteiger charge is 2.28. The van der Waals surface area contributed by atoms with Gasteiger partial charge in [0.1, 0.15) is 0 Å². The summed E-state index contributed by atoms with van der Waals surface area (Å²) in [7, 11) is 0. The molecule has 0 aliphatic heterocycles. The maximum Gasteiger partial charge on any atom is 0.0635 e. The molecule has 0 spiro atoms. The van der Waals surface area contributed by atoms with Crippen molar-refractivity contribution >= 4 is 0 Å². The summed E-state index contributed by atoms with van der Waals surface area (Å²) in [6, 6.07) is 0. The van der Waals surface area contributed by atoms with Gasteiger partial charge in [-0.05, 0) is 5.92 Å². The third-order valence-electron chi connectivity index (χ3n) is 1.84. The Balaban J connectivity index is 4.03. The first-order valence-electron chi connectivity index (χ1n) is 3.70. The molecule has 0 heterocycles. The first kappa shape index (κ1) is 9.92. The van der Waals surface area contributed by atoms with Gasteiger partial charge >= 0.3 is 0 Å². The van der Waals surface area contributed by atoms with Crippen molar-refractivity contribution in [2.24, 2.45) is 11.3 Å². The zero-order valence-electron chi connectivity index (χ0n) is 7.26. The van der Waals surface area contributed by atoms with Crippen LogP contribution in [0.2, 0.25) is 0 Å². The van der Waals surface area contributed by atoms with Gasteiger partial charge in [-0.3, -0.25) is 0 Å². The molecule has 10 heavy (non-hydrogen) atoms. The predicted molar refractivity (Wildman–Crippen MR) is 41.7 cm³/mol. The Morgan fingerprint density at radius 1 is 1.30 bits per heavy atom. The molecule has 0 aliphatic carbocycles. The summed E-state index contributed by atoms with van der Waals surface area (Å²) in [6.45, 7) is 7.64. The van der Waals surface area contributed by atoms with Gasteiger partial charge in [0.05, 0.1) is 12.7 Å². The molecular weight excluding hydrogens is 128 g/mol. The van der Waals surface area contributed by atoms with Crippen LogP contribution in [0.5, 0.6) is 0 Å². The van der Waals surface area contributed by atoms with Crippen LogP contribution in [0.4, 0.5) is 0 Å². The van der Waals surface area contributed by atoms with Gasteiger partial charge in [0.25, 0.3) is 0 Å². The van der Waals surface area contributed by atoms with Crippen molar-refractivity contribution in [2.45, 2.75) is 33.8 Å². The Bertz CT molecular complexity index is 97.4. The molecule has 0 rings (SSSR count). The Morgan fingerprint density at radius 3 is 1.80 bits per heavy atom. The van der Waals surface area contributed by atoms with Crippen molar-refractivity contribution in [3.8, 4) is 0 Å². The summed E-state index contributed by atoms with van der Waals surface area (Å²) in [4.78, 5) is 0. The Labute approximate surface area is 62.9 Å². The standard InChI is InChI=1S/C8H18O2/c1-6(2)7(10)8(3,4)5-9/h6-7,9-10H,5H2,1-4H3/t7-/m1/s1. The molecule has 2 N–H and O–H groups in total. The molecular formula is C8H18O2. The lowest BCUT2D eigenvalue weighted by atomic mass is 9.82. The minimum atomic E-state index is -0.419. The van der Waals surface area contributed by atoms with E-state index < -0.39 is 6.10 Å². The van der Waals surface area contributed by atoms with Crippen molar-refractivity contribution in [1.82, 2.24) is 0 Å². The van der Waals surface area contributed by atoms with E-state index in [0.29, 0.717) is 0 Å². The maximum atomic E-state index is 9.49. The number of aliphatic hydroxyl groups is 2. The van der Waals surface area contributed by atoms with E-state index in [2.05, 4.69) is 0 Å². The molecule has 0 fully saturated rings. The van der Waals surface area contributed by atoms with Gasteiger partial charge in [-0.15, -0.1) is 0 Å². The highest BCUT2D eigenvalue weighted by molar-refractivity contribution is 4.78. The molecule has 0 aromatic heterocycles. The molecule has 0 aromatic carbocycles. The van der Waals surface area contributed by atoms with Crippen LogP contribution in [0.15, 0.2) is 0 Å². The van der Waals surface area contributed by atoms with Gasteiger partial charge < -0.3 is 10.2 Å². The van der Waals surface area contributed by atoms with Crippen molar-refractivity contribution in [3.05, 3.63) is 0 Å². The van der Waals surface area contributed by atoms with Crippen molar-refractivity contribution in [1.29, 1.82) is 0 Å². The van der Waals surface area contributed by atoms with Crippen molar-refractivity contribution in [3.63, 3.8) is 0 Å². The summed E-state index contributed by atoms with van der Waals surface area (Å²) < 4.78 is 0. The average Bonchev–Trinajstić information content (AvgIpc) is 1.86. The van der Waals surface area contributed by atoms with Gasteiger partial charge in [0, 0.05) is 5.41 Å². The Hall–Kier alpha value is -0.0800. The second-order valence-corrected chi connectivity index (χ2v) is 3.84. The van der Waals surface area contributed by atoms with Crippen LogP contribution in [-0.2, 0) is 0 Å². The summed E-state index contributed by atoms with van der Waals surface area (Å²) in [5.74, 6) is 0.210. The topological polar surface area (TPSA) is 40.5 Å². The summed E-state index contributed by atoms with van der Waals surface area (Å²) in [5.41, 5.74) is -0.367. The molecule has 0 saturated carbocycles. The lowest BCUT2D eigenvalue weighted by molar-refractivity contribution is -0.0204. The van der Waals surface area contributed by atoms with Gasteiger partial charge in [-0.25, -0.2) is 0 Å². The highest BCUT2D eigenvalue weighted by Crippen LogP contribution is 2.24. The number of aliphatic hydroxyl groups excluding tert-OH is 2. The lowest BCUT2D eigenvalue weighted by Gasteiger charge is -2.30. The van der Waals surface area contributed by atoms with E-state index in [1.165, 1.54) is 0 Å². The second kappa shape index (κ2) is 3.35. The smallest absolute Gasteiger partial charge is 0.0635 e. The average molecular weight is 146 g/mol. The molecule has 0 amide bonds. The van der Waals surface area contributed by atoms with Crippen molar-refractivity contribution in [2.75, 3.05) is 6.61 Å². The molecule has 62 valence electrons. The van der Waals surface area contributed by atoms with E-state index in [0.717, 1.165) is 0 Å². The van der Waals surface area contributed by atoms with Crippen LogP contribution in [0.3, 0.4) is 0 Å². The van der Waals surface area contributed by atoms with E-state index in [4.69, 9.17) is 5.11 Å². The van der Waals surface area contributed by atoms with Crippen LogP contribution in [-0.4, -0.2) is 22.9 Å². The minimum absolute atomic E-state index is 0.0341. The van der Waals surface area contributed by atoms with E-state index in [9.17, 15) is 5.11 Å². The Morgan fingerprint density at radius 2 is 1.70 bits per heavy atom. The molecule has 0 saturated heterocycles. The summed E-state index contributed by atoms with van der Waals surface area (Å²) in [5, 5.41) is 18.3. The van der Waals surface area contributed by atoms with E-state index in [1.807, 2.05) is 27.7 Å². The monoisotopic (exact) mass is 146 g/mol. The van der Waals surface area contributed by atoms with E-state index in [-0.39, 0.29) is 17.9 Å². The molecule has 0 aromatic rings. The second-order valence-electron chi connectivity index (χ2n) is 3.84. The first-order valence-corrected chi connectivity index (χ1v) is 3.70. The zero-order valence-corrected chi connectivity index (χ0v) is 7.26. The number of rotatable bonds is 3. The van der Waals surface area contributed by atoms with Gasteiger partial charge in [-0.2, -0.15) is 0 Å². The fourth-order valence-corrected chi connectivity index (χ4v) is 0.996. The van der Waals surface area contributed by atoms with E-state index in [1.54, 1.807) is 0 Å². The third-order valence-corrected chi connectivity index (χ3v) is 1.84. The highest BCUT2D eigenvalue weighted by atomic mass is 16.3. The largest absolute Gasteiger partial charge is 0.396 e. The Kier molecular flexibility index (Phi) is 3.33. The predicted octanol–water partition coefficient (Wildman–Crippen LogP) is 1.02. The van der Waals surface area contributed by atoms with Crippen LogP contribution in [0.25, 0.3) is 0 Å². The van der Waals surface area contributed by atoms with Crippen molar-refractivity contribution < 1.29 is 10.2 Å². The molecule has 0 aliphatic rings. The van der Waals surface area contributed by atoms with E-state index >= 15 is 0 Å². The molecule has 2 heteroatoms. The molecule has 0 radical (unpaired) electrons. The fraction of sp³-hybridized carbons (Fsp3) is 1.00. The number of hydrogen-bond acceptors (Lipinski definition) is 2. The quantitative estimate of drug-likeness (QED) is 0.624. The molecule has 2 nitrogen and oxygen atoms in total. The molecule has 0 bridgehead atoms. The SMILES string of the molecule is CC(C)[C@@H](O)C(C)(C)CO.